The molecule has 0 saturated heterocycles. The van der Waals surface area contributed by atoms with Crippen molar-refractivity contribution in [2.45, 2.75) is 65.0 Å². The van der Waals surface area contributed by atoms with Crippen LogP contribution in [0.1, 0.15) is 52.9 Å². The third-order valence-corrected chi connectivity index (χ3v) is 4.73. The van der Waals surface area contributed by atoms with E-state index >= 15 is 0 Å². The number of para-hydroxylation sites is 1. The average molecular weight is 290 g/mol. The Morgan fingerprint density at radius 1 is 1.24 bits per heavy atom. The molecule has 0 spiro atoms. The van der Waals surface area contributed by atoms with Crippen LogP contribution in [0.15, 0.2) is 18.2 Å². The van der Waals surface area contributed by atoms with Gasteiger partial charge in [-0.25, -0.2) is 0 Å². The van der Waals surface area contributed by atoms with E-state index in [2.05, 4.69) is 24.9 Å². The summed E-state index contributed by atoms with van der Waals surface area (Å²) in [6, 6.07) is 6.71. The number of benzene rings is 1. The van der Waals surface area contributed by atoms with Crippen LogP contribution in [-0.2, 0) is 0 Å². The highest BCUT2D eigenvalue weighted by molar-refractivity contribution is 5.74. The first-order valence-electron chi connectivity index (χ1n) is 8.30. The second-order valence-corrected chi connectivity index (χ2v) is 6.55. The molecule has 0 radical (unpaired) electrons. The number of nitrogen functional groups attached to an aromatic ring is 1. The quantitative estimate of drug-likeness (QED) is 0.814. The Balaban J connectivity index is 2.10. The zero-order valence-electron chi connectivity index (χ0n) is 13.9. The molecule has 1 fully saturated rings. The van der Waals surface area contributed by atoms with Crippen molar-refractivity contribution in [1.29, 1.82) is 0 Å². The summed E-state index contributed by atoms with van der Waals surface area (Å²) >= 11 is 0. The molecule has 0 aromatic heterocycles. The number of nitrogens with two attached hydrogens (primary N) is 1. The fraction of sp³-hybridized carbons (Fsp3) is 0.667. The van der Waals surface area contributed by atoms with Gasteiger partial charge in [0.2, 0.25) is 0 Å². The summed E-state index contributed by atoms with van der Waals surface area (Å²) < 4.78 is 5.81. The fourth-order valence-electron chi connectivity index (χ4n) is 3.33. The molecule has 3 nitrogen and oxygen atoms in total. The van der Waals surface area contributed by atoms with Crippen LogP contribution in [0.5, 0.6) is 5.75 Å². The van der Waals surface area contributed by atoms with Gasteiger partial charge in [0.15, 0.2) is 0 Å². The van der Waals surface area contributed by atoms with E-state index in [1.54, 1.807) is 0 Å². The molecule has 1 aromatic rings. The van der Waals surface area contributed by atoms with Gasteiger partial charge < -0.3 is 15.4 Å². The molecule has 21 heavy (non-hydrogen) atoms. The van der Waals surface area contributed by atoms with E-state index in [1.807, 2.05) is 26.0 Å². The molecular formula is C18H30N2O. The van der Waals surface area contributed by atoms with E-state index in [4.69, 9.17) is 10.5 Å². The Morgan fingerprint density at radius 3 is 2.48 bits per heavy atom. The fourth-order valence-corrected chi connectivity index (χ4v) is 3.33. The van der Waals surface area contributed by atoms with E-state index in [-0.39, 0.29) is 6.10 Å². The molecule has 0 atom stereocenters. The lowest BCUT2D eigenvalue weighted by atomic mass is 9.84. The van der Waals surface area contributed by atoms with Gasteiger partial charge in [-0.3, -0.25) is 0 Å². The number of hydrogen-bond acceptors (Lipinski definition) is 3. The molecule has 0 unspecified atom stereocenters. The summed E-state index contributed by atoms with van der Waals surface area (Å²) in [5, 5.41) is 0. The molecule has 1 aliphatic rings. The third-order valence-electron chi connectivity index (χ3n) is 4.73. The molecule has 0 aliphatic heterocycles. The third kappa shape index (κ3) is 3.84. The smallest absolute Gasteiger partial charge is 0.144 e. The number of nitrogens with zero attached hydrogens (tertiary/aromatic N) is 1. The number of anilines is 2. The minimum Gasteiger partial charge on any atom is -0.489 e. The van der Waals surface area contributed by atoms with E-state index in [0.29, 0.717) is 6.04 Å². The second kappa shape index (κ2) is 7.06. The zero-order valence-corrected chi connectivity index (χ0v) is 13.9. The van der Waals surface area contributed by atoms with Crippen LogP contribution in [0.3, 0.4) is 0 Å². The number of ether oxygens (including phenoxy) is 1. The maximum absolute atomic E-state index is 6.33. The predicted molar refractivity (Wildman–Crippen MR) is 91.1 cm³/mol. The Kier molecular flexibility index (Phi) is 5.38. The zero-order chi connectivity index (χ0) is 15.4. The maximum atomic E-state index is 6.33. The molecule has 2 rings (SSSR count). The first-order valence-corrected chi connectivity index (χ1v) is 8.30. The normalized spacial score (nSPS) is 22.3. The van der Waals surface area contributed by atoms with Gasteiger partial charge in [0.25, 0.3) is 0 Å². The van der Waals surface area contributed by atoms with Crippen LogP contribution >= 0.6 is 0 Å². The summed E-state index contributed by atoms with van der Waals surface area (Å²) in [6.07, 6.45) is 6.68. The van der Waals surface area contributed by atoms with Crippen molar-refractivity contribution in [1.82, 2.24) is 0 Å². The summed E-state index contributed by atoms with van der Waals surface area (Å²) in [4.78, 5) is 2.36. The van der Waals surface area contributed by atoms with E-state index < -0.39 is 0 Å². The van der Waals surface area contributed by atoms with Crippen molar-refractivity contribution in [3.63, 3.8) is 0 Å². The van der Waals surface area contributed by atoms with E-state index in [1.165, 1.54) is 32.1 Å². The molecule has 1 saturated carbocycles. The minimum absolute atomic E-state index is 0.146. The van der Waals surface area contributed by atoms with Gasteiger partial charge in [0, 0.05) is 13.1 Å². The second-order valence-electron chi connectivity index (χ2n) is 6.55. The first-order chi connectivity index (χ1) is 10.0. The average Bonchev–Trinajstić information content (AvgIpc) is 2.48. The standard InChI is InChI=1S/C18H30N2O/c1-5-14-9-11-15(12-10-14)20(4)16-7-6-8-17(18(16)19)21-13(2)3/h6-8,13-15H,5,9-12,19H2,1-4H3. The van der Waals surface area contributed by atoms with Crippen LogP contribution in [-0.4, -0.2) is 19.2 Å². The van der Waals surface area contributed by atoms with Crippen molar-refractivity contribution < 1.29 is 4.74 Å². The Labute approximate surface area is 129 Å². The van der Waals surface area contributed by atoms with E-state index in [0.717, 1.165) is 23.0 Å². The lowest BCUT2D eigenvalue weighted by molar-refractivity contribution is 0.244. The number of rotatable bonds is 5. The van der Waals surface area contributed by atoms with Crippen molar-refractivity contribution in [3.05, 3.63) is 18.2 Å². The van der Waals surface area contributed by atoms with Crippen LogP contribution in [0.4, 0.5) is 11.4 Å². The van der Waals surface area contributed by atoms with Crippen molar-refractivity contribution >= 4 is 11.4 Å². The highest BCUT2D eigenvalue weighted by Crippen LogP contribution is 2.37. The molecule has 0 heterocycles. The summed E-state index contributed by atoms with van der Waals surface area (Å²) in [7, 11) is 2.17. The maximum Gasteiger partial charge on any atom is 0.144 e. The molecule has 0 bridgehead atoms. The van der Waals surface area contributed by atoms with Gasteiger partial charge in [-0.05, 0) is 57.6 Å². The van der Waals surface area contributed by atoms with Gasteiger partial charge in [-0.15, -0.1) is 0 Å². The van der Waals surface area contributed by atoms with Gasteiger partial charge in [-0.2, -0.15) is 0 Å². The van der Waals surface area contributed by atoms with Gasteiger partial charge in [0.05, 0.1) is 17.5 Å². The lowest BCUT2D eigenvalue weighted by Crippen LogP contribution is -2.35. The molecule has 1 aliphatic carbocycles. The highest BCUT2D eigenvalue weighted by atomic mass is 16.5. The molecule has 1 aromatic carbocycles. The van der Waals surface area contributed by atoms with E-state index in [9.17, 15) is 0 Å². The predicted octanol–water partition coefficient (Wildman–Crippen LogP) is 4.46. The minimum atomic E-state index is 0.146. The van der Waals surface area contributed by atoms with Crippen molar-refractivity contribution in [2.24, 2.45) is 5.92 Å². The Hall–Kier alpha value is -1.38. The molecule has 2 N–H and O–H groups in total. The van der Waals surface area contributed by atoms with Crippen LogP contribution in [0.2, 0.25) is 0 Å². The summed E-state index contributed by atoms with van der Waals surface area (Å²) in [5.74, 6) is 1.72. The van der Waals surface area contributed by atoms with Gasteiger partial charge >= 0.3 is 0 Å². The Bertz CT molecular complexity index is 451. The summed E-state index contributed by atoms with van der Waals surface area (Å²) in [5.41, 5.74) is 8.20. The van der Waals surface area contributed by atoms with Crippen molar-refractivity contribution in [3.8, 4) is 5.75 Å². The summed E-state index contributed by atoms with van der Waals surface area (Å²) in [6.45, 7) is 6.36. The van der Waals surface area contributed by atoms with Gasteiger partial charge in [0.1, 0.15) is 5.75 Å². The van der Waals surface area contributed by atoms with Crippen LogP contribution < -0.4 is 15.4 Å². The highest BCUT2D eigenvalue weighted by Gasteiger charge is 2.24. The lowest BCUT2D eigenvalue weighted by Gasteiger charge is -2.36. The molecular weight excluding hydrogens is 260 g/mol. The topological polar surface area (TPSA) is 38.5 Å². The largest absolute Gasteiger partial charge is 0.489 e. The van der Waals surface area contributed by atoms with Crippen LogP contribution in [0.25, 0.3) is 0 Å². The molecule has 0 amide bonds. The van der Waals surface area contributed by atoms with Crippen LogP contribution in [0, 0.1) is 5.92 Å². The van der Waals surface area contributed by atoms with Gasteiger partial charge in [-0.1, -0.05) is 19.4 Å². The Morgan fingerprint density at radius 2 is 1.90 bits per heavy atom. The molecule has 118 valence electrons. The van der Waals surface area contributed by atoms with Crippen molar-refractivity contribution in [2.75, 3.05) is 17.7 Å². The monoisotopic (exact) mass is 290 g/mol. The number of hydrogen-bond donors (Lipinski definition) is 1. The molecule has 3 heteroatoms. The first kappa shape index (κ1) is 16.0. The SMILES string of the molecule is CCC1CCC(N(C)c2cccc(OC(C)C)c2N)CC1.